The molecule has 0 aliphatic carbocycles. The lowest BCUT2D eigenvalue weighted by Crippen LogP contribution is -2.27. The molecule has 130 valence electrons. The summed E-state index contributed by atoms with van der Waals surface area (Å²) in [5.41, 5.74) is 2.81. The predicted molar refractivity (Wildman–Crippen MR) is 98.3 cm³/mol. The Labute approximate surface area is 148 Å². The van der Waals surface area contributed by atoms with Gasteiger partial charge in [0.25, 0.3) is 0 Å². The summed E-state index contributed by atoms with van der Waals surface area (Å²) in [5.74, 6) is 0.00247. The molecule has 0 amide bonds. The Morgan fingerprint density at radius 2 is 1.52 bits per heavy atom. The highest BCUT2D eigenvalue weighted by atomic mass is 32.2. The summed E-state index contributed by atoms with van der Waals surface area (Å²) in [7, 11) is -1.76. The van der Waals surface area contributed by atoms with Crippen LogP contribution >= 0.6 is 0 Å². The lowest BCUT2D eigenvalue weighted by atomic mass is 10.2. The Morgan fingerprint density at radius 3 is 2.16 bits per heavy atom. The van der Waals surface area contributed by atoms with Crippen molar-refractivity contribution in [3.63, 3.8) is 0 Å². The minimum atomic E-state index is -3.36. The summed E-state index contributed by atoms with van der Waals surface area (Å²) in [6.45, 7) is 0.977. The minimum absolute atomic E-state index is 0.00247. The third kappa shape index (κ3) is 4.78. The molecule has 0 aliphatic rings. The highest BCUT2D eigenvalue weighted by Crippen LogP contribution is 2.13. The summed E-state index contributed by atoms with van der Waals surface area (Å²) in [5, 5.41) is 4.33. The third-order valence-corrected chi connectivity index (χ3v) is 5.72. The maximum atomic E-state index is 12.5. The summed E-state index contributed by atoms with van der Waals surface area (Å²) < 4.78 is 28.2. The Kier molecular flexibility index (Phi) is 5.31. The Balaban J connectivity index is 1.64. The number of hydrogen-bond acceptors (Lipinski definition) is 3. The van der Waals surface area contributed by atoms with E-state index in [1.54, 1.807) is 13.2 Å². The van der Waals surface area contributed by atoms with Crippen LogP contribution < -0.4 is 0 Å². The number of benzene rings is 2. The molecule has 1 aromatic heterocycles. The van der Waals surface area contributed by atoms with Crippen molar-refractivity contribution in [1.29, 1.82) is 0 Å². The number of nitrogens with zero attached hydrogens (tertiary/aromatic N) is 3. The van der Waals surface area contributed by atoms with E-state index < -0.39 is 10.0 Å². The van der Waals surface area contributed by atoms with E-state index in [0.29, 0.717) is 13.1 Å². The van der Waals surface area contributed by atoms with Gasteiger partial charge in [-0.3, -0.25) is 4.68 Å². The van der Waals surface area contributed by atoms with Crippen molar-refractivity contribution in [1.82, 2.24) is 14.1 Å². The van der Waals surface area contributed by atoms with Crippen LogP contribution in [-0.2, 0) is 28.9 Å². The highest BCUT2D eigenvalue weighted by molar-refractivity contribution is 7.88. The van der Waals surface area contributed by atoms with Crippen molar-refractivity contribution in [2.75, 3.05) is 7.05 Å². The molecule has 1 heterocycles. The van der Waals surface area contributed by atoms with Crippen LogP contribution in [0.3, 0.4) is 0 Å². The Bertz CT molecular complexity index is 906. The van der Waals surface area contributed by atoms with E-state index in [0.717, 1.165) is 16.7 Å². The summed E-state index contributed by atoms with van der Waals surface area (Å²) in [4.78, 5) is 0. The first kappa shape index (κ1) is 17.4. The second-order valence-electron chi connectivity index (χ2n) is 6.03. The monoisotopic (exact) mass is 355 g/mol. The molecule has 0 unspecified atom stereocenters. The van der Waals surface area contributed by atoms with Crippen LogP contribution in [0.1, 0.15) is 16.7 Å². The van der Waals surface area contributed by atoms with Gasteiger partial charge in [-0.25, -0.2) is 12.7 Å². The van der Waals surface area contributed by atoms with Gasteiger partial charge in [0.1, 0.15) is 0 Å². The molecule has 0 atom stereocenters. The van der Waals surface area contributed by atoms with E-state index in [-0.39, 0.29) is 5.75 Å². The summed E-state index contributed by atoms with van der Waals surface area (Å²) >= 11 is 0. The average Bonchev–Trinajstić information content (AvgIpc) is 3.03. The average molecular weight is 355 g/mol. The van der Waals surface area contributed by atoms with Crippen molar-refractivity contribution in [3.8, 4) is 0 Å². The molecule has 3 rings (SSSR count). The van der Waals surface area contributed by atoms with Crippen molar-refractivity contribution >= 4 is 10.0 Å². The molecule has 5 nitrogen and oxygen atoms in total. The van der Waals surface area contributed by atoms with E-state index in [4.69, 9.17) is 0 Å². The first-order valence-electron chi connectivity index (χ1n) is 8.06. The lowest BCUT2D eigenvalue weighted by Gasteiger charge is -2.16. The molecule has 0 radical (unpaired) electrons. The highest BCUT2D eigenvalue weighted by Gasteiger charge is 2.19. The standard InChI is InChI=1S/C19H21N3O2S/c1-21(25(23,24)16-18-10-6-3-7-11-18)13-19-12-20-22(15-19)14-17-8-4-2-5-9-17/h2-12,15H,13-14,16H2,1H3. The van der Waals surface area contributed by atoms with Gasteiger partial charge in [-0.15, -0.1) is 0 Å². The maximum absolute atomic E-state index is 12.5. The maximum Gasteiger partial charge on any atom is 0.218 e. The SMILES string of the molecule is CN(Cc1cnn(Cc2ccccc2)c1)S(=O)(=O)Cc1ccccc1. The second kappa shape index (κ2) is 7.63. The molecule has 2 aromatic carbocycles. The van der Waals surface area contributed by atoms with Gasteiger partial charge in [-0.1, -0.05) is 60.7 Å². The van der Waals surface area contributed by atoms with E-state index in [2.05, 4.69) is 5.10 Å². The number of hydrogen-bond donors (Lipinski definition) is 0. The predicted octanol–water partition coefficient (Wildman–Crippen LogP) is 2.89. The zero-order valence-corrected chi connectivity index (χ0v) is 14.9. The molecule has 3 aromatic rings. The normalized spacial score (nSPS) is 11.8. The van der Waals surface area contributed by atoms with Crippen LogP contribution in [0.25, 0.3) is 0 Å². The minimum Gasteiger partial charge on any atom is -0.268 e. The van der Waals surface area contributed by atoms with Gasteiger partial charge in [0, 0.05) is 25.4 Å². The fourth-order valence-electron chi connectivity index (χ4n) is 2.60. The molecular formula is C19H21N3O2S. The summed E-state index contributed by atoms with van der Waals surface area (Å²) in [6, 6.07) is 19.2. The van der Waals surface area contributed by atoms with Crippen LogP contribution in [0.15, 0.2) is 73.1 Å². The molecule has 0 spiro atoms. The third-order valence-electron chi connectivity index (χ3n) is 3.95. The zero-order valence-electron chi connectivity index (χ0n) is 14.1. The first-order valence-corrected chi connectivity index (χ1v) is 9.67. The quantitative estimate of drug-likeness (QED) is 0.655. The van der Waals surface area contributed by atoms with Gasteiger partial charge < -0.3 is 0 Å². The van der Waals surface area contributed by atoms with Crippen molar-refractivity contribution in [2.24, 2.45) is 0 Å². The molecular weight excluding hydrogens is 334 g/mol. The molecule has 0 saturated heterocycles. The zero-order chi connectivity index (χ0) is 17.7. The van der Waals surface area contributed by atoms with Crippen LogP contribution in [-0.4, -0.2) is 29.6 Å². The lowest BCUT2D eigenvalue weighted by molar-refractivity contribution is 0.465. The van der Waals surface area contributed by atoms with Crippen molar-refractivity contribution in [3.05, 3.63) is 89.7 Å². The summed E-state index contributed by atoms with van der Waals surface area (Å²) in [6.07, 6.45) is 3.61. The Hall–Kier alpha value is -2.44. The molecule has 0 saturated carbocycles. The number of rotatable bonds is 7. The fraction of sp³-hybridized carbons (Fsp3) is 0.211. The topological polar surface area (TPSA) is 55.2 Å². The molecule has 0 N–H and O–H groups in total. The first-order chi connectivity index (χ1) is 12.0. The molecule has 0 aliphatic heterocycles. The van der Waals surface area contributed by atoms with E-state index in [1.807, 2.05) is 71.5 Å². The van der Waals surface area contributed by atoms with E-state index in [9.17, 15) is 8.42 Å². The van der Waals surface area contributed by atoms with Crippen molar-refractivity contribution in [2.45, 2.75) is 18.8 Å². The van der Waals surface area contributed by atoms with Crippen LogP contribution in [0.4, 0.5) is 0 Å². The van der Waals surface area contributed by atoms with Gasteiger partial charge >= 0.3 is 0 Å². The molecule has 6 heteroatoms. The Morgan fingerprint density at radius 1 is 0.920 bits per heavy atom. The number of sulfonamides is 1. The second-order valence-corrected chi connectivity index (χ2v) is 8.11. The molecule has 0 bridgehead atoms. The number of aromatic nitrogens is 2. The molecule has 0 fully saturated rings. The van der Waals surface area contributed by atoms with Crippen molar-refractivity contribution < 1.29 is 8.42 Å². The smallest absolute Gasteiger partial charge is 0.218 e. The van der Waals surface area contributed by atoms with E-state index >= 15 is 0 Å². The van der Waals surface area contributed by atoms with Gasteiger partial charge in [0.2, 0.25) is 10.0 Å². The largest absolute Gasteiger partial charge is 0.268 e. The van der Waals surface area contributed by atoms with Gasteiger partial charge in [0.05, 0.1) is 18.5 Å². The molecule has 25 heavy (non-hydrogen) atoms. The fourth-order valence-corrected chi connectivity index (χ4v) is 3.78. The van der Waals surface area contributed by atoms with Gasteiger partial charge in [-0.2, -0.15) is 5.10 Å². The van der Waals surface area contributed by atoms with Crippen LogP contribution in [0.2, 0.25) is 0 Å². The van der Waals surface area contributed by atoms with Gasteiger partial charge in [0.15, 0.2) is 0 Å². The van der Waals surface area contributed by atoms with Crippen LogP contribution in [0.5, 0.6) is 0 Å². The van der Waals surface area contributed by atoms with Gasteiger partial charge in [-0.05, 0) is 11.1 Å². The van der Waals surface area contributed by atoms with Crippen LogP contribution in [0, 0.1) is 0 Å². The van der Waals surface area contributed by atoms with E-state index in [1.165, 1.54) is 4.31 Å².